The number of hydrogen-bond donors (Lipinski definition) is 1. The summed E-state index contributed by atoms with van der Waals surface area (Å²) in [6, 6.07) is 0.583. The van der Waals surface area contributed by atoms with E-state index in [-0.39, 0.29) is 6.10 Å². The summed E-state index contributed by atoms with van der Waals surface area (Å²) in [4.78, 5) is 2.35. The van der Waals surface area contributed by atoms with Gasteiger partial charge in [-0.15, -0.1) is 0 Å². The molecule has 0 spiro atoms. The van der Waals surface area contributed by atoms with Gasteiger partial charge in [-0.3, -0.25) is 4.90 Å². The zero-order chi connectivity index (χ0) is 9.80. The van der Waals surface area contributed by atoms with Crippen molar-refractivity contribution in [1.82, 2.24) is 4.90 Å². The summed E-state index contributed by atoms with van der Waals surface area (Å²) in [5.74, 6) is 0. The fourth-order valence-corrected chi connectivity index (χ4v) is 2.20. The Morgan fingerprint density at radius 3 is 2.64 bits per heavy atom. The molecule has 0 bridgehead atoms. The van der Waals surface area contributed by atoms with E-state index < -0.39 is 0 Å². The van der Waals surface area contributed by atoms with E-state index in [0.29, 0.717) is 12.6 Å². The van der Waals surface area contributed by atoms with Crippen molar-refractivity contribution < 1.29 is 14.6 Å². The predicted molar refractivity (Wildman–Crippen MR) is 52.2 cm³/mol. The maximum Gasteiger partial charge on any atom is 0.0900 e. The normalized spacial score (nSPS) is 32.8. The second kappa shape index (κ2) is 5.07. The van der Waals surface area contributed by atoms with Crippen LogP contribution < -0.4 is 0 Å². The molecule has 0 amide bonds. The van der Waals surface area contributed by atoms with Crippen molar-refractivity contribution in [3.8, 4) is 0 Å². The summed E-state index contributed by atoms with van der Waals surface area (Å²) in [6.45, 7) is 4.65. The van der Waals surface area contributed by atoms with Gasteiger partial charge in [0.2, 0.25) is 0 Å². The third-order valence-electron chi connectivity index (χ3n) is 2.99. The van der Waals surface area contributed by atoms with Gasteiger partial charge in [0, 0.05) is 32.3 Å². The lowest BCUT2D eigenvalue weighted by Crippen LogP contribution is -2.43. The first kappa shape index (κ1) is 10.4. The molecule has 4 nitrogen and oxygen atoms in total. The summed E-state index contributed by atoms with van der Waals surface area (Å²) in [5.41, 5.74) is 0. The molecule has 1 N–H and O–H groups in total. The van der Waals surface area contributed by atoms with Crippen LogP contribution in [0.25, 0.3) is 0 Å². The first-order valence-electron chi connectivity index (χ1n) is 5.44. The molecule has 2 rings (SSSR count). The van der Waals surface area contributed by atoms with E-state index >= 15 is 0 Å². The Kier molecular flexibility index (Phi) is 3.75. The van der Waals surface area contributed by atoms with Crippen molar-refractivity contribution in [2.75, 3.05) is 39.5 Å². The number of β-amino-alcohol motifs (C(OH)–C–C–N with tert-alkyl or cyclic N) is 1. The Morgan fingerprint density at radius 2 is 1.86 bits per heavy atom. The van der Waals surface area contributed by atoms with Crippen LogP contribution in [0.3, 0.4) is 0 Å². The molecule has 0 aliphatic carbocycles. The molecule has 82 valence electrons. The van der Waals surface area contributed by atoms with Crippen LogP contribution in [0.15, 0.2) is 0 Å². The molecule has 2 aliphatic rings. The van der Waals surface area contributed by atoms with Gasteiger partial charge in [0.1, 0.15) is 0 Å². The topological polar surface area (TPSA) is 41.9 Å². The Hall–Kier alpha value is -0.160. The Bertz CT molecular complexity index is 171. The van der Waals surface area contributed by atoms with Gasteiger partial charge in [0.25, 0.3) is 0 Å². The van der Waals surface area contributed by atoms with Gasteiger partial charge in [-0.2, -0.15) is 0 Å². The molecule has 0 unspecified atom stereocenters. The van der Waals surface area contributed by atoms with Crippen LogP contribution in [0.4, 0.5) is 0 Å². The van der Waals surface area contributed by atoms with Gasteiger partial charge in [0.05, 0.1) is 19.3 Å². The SMILES string of the molecule is O[C@H]1COCCN(C2CCOCC2)C1. The molecular weight excluding hydrogens is 182 g/mol. The number of nitrogens with zero attached hydrogens (tertiary/aromatic N) is 1. The number of aliphatic hydroxyl groups is 1. The highest BCUT2D eigenvalue weighted by molar-refractivity contribution is 4.78. The lowest BCUT2D eigenvalue weighted by molar-refractivity contribution is 0.0208. The second-order valence-electron chi connectivity index (χ2n) is 4.07. The predicted octanol–water partition coefficient (Wildman–Crippen LogP) is -0.141. The average Bonchev–Trinajstić information content (AvgIpc) is 2.44. The highest BCUT2D eigenvalue weighted by atomic mass is 16.5. The van der Waals surface area contributed by atoms with Gasteiger partial charge in [-0.05, 0) is 12.8 Å². The van der Waals surface area contributed by atoms with Gasteiger partial charge in [-0.1, -0.05) is 0 Å². The maximum atomic E-state index is 9.59. The molecule has 0 saturated carbocycles. The van der Waals surface area contributed by atoms with Gasteiger partial charge in [0.15, 0.2) is 0 Å². The van der Waals surface area contributed by atoms with Gasteiger partial charge >= 0.3 is 0 Å². The Labute approximate surface area is 84.8 Å². The average molecular weight is 201 g/mol. The van der Waals surface area contributed by atoms with E-state index in [2.05, 4.69) is 4.90 Å². The van der Waals surface area contributed by atoms with E-state index in [1.165, 1.54) is 0 Å². The van der Waals surface area contributed by atoms with Crippen LogP contribution in [0.5, 0.6) is 0 Å². The van der Waals surface area contributed by atoms with Crippen LogP contribution in [0.1, 0.15) is 12.8 Å². The zero-order valence-electron chi connectivity index (χ0n) is 8.52. The molecule has 14 heavy (non-hydrogen) atoms. The van der Waals surface area contributed by atoms with Crippen LogP contribution >= 0.6 is 0 Å². The molecule has 2 heterocycles. The van der Waals surface area contributed by atoms with Crippen LogP contribution in [-0.4, -0.2) is 61.7 Å². The van der Waals surface area contributed by atoms with E-state index in [9.17, 15) is 5.11 Å². The molecule has 0 aromatic carbocycles. The van der Waals surface area contributed by atoms with Crippen molar-refractivity contribution in [2.45, 2.75) is 25.0 Å². The molecular formula is C10H19NO3. The molecule has 2 aliphatic heterocycles. The lowest BCUT2D eigenvalue weighted by atomic mass is 10.1. The quantitative estimate of drug-likeness (QED) is 0.641. The molecule has 1 atom stereocenters. The van der Waals surface area contributed by atoms with Crippen molar-refractivity contribution in [3.63, 3.8) is 0 Å². The maximum absolute atomic E-state index is 9.59. The van der Waals surface area contributed by atoms with Gasteiger partial charge < -0.3 is 14.6 Å². The third kappa shape index (κ3) is 2.67. The monoisotopic (exact) mass is 201 g/mol. The summed E-state index contributed by atoms with van der Waals surface area (Å²) >= 11 is 0. The Morgan fingerprint density at radius 1 is 1.07 bits per heavy atom. The third-order valence-corrected chi connectivity index (χ3v) is 2.99. The number of ether oxygens (including phenoxy) is 2. The second-order valence-corrected chi connectivity index (χ2v) is 4.07. The largest absolute Gasteiger partial charge is 0.389 e. The first-order valence-corrected chi connectivity index (χ1v) is 5.44. The van der Waals surface area contributed by atoms with E-state index in [4.69, 9.17) is 9.47 Å². The van der Waals surface area contributed by atoms with E-state index in [1.54, 1.807) is 0 Å². The van der Waals surface area contributed by atoms with Crippen LogP contribution in [0, 0.1) is 0 Å². The molecule has 0 aromatic rings. The minimum absolute atomic E-state index is 0.319. The smallest absolute Gasteiger partial charge is 0.0900 e. The van der Waals surface area contributed by atoms with Crippen LogP contribution in [-0.2, 0) is 9.47 Å². The highest BCUT2D eigenvalue weighted by Crippen LogP contribution is 2.15. The standard InChI is InChI=1S/C10H19NO3/c12-10-7-11(3-6-14-8-10)9-1-4-13-5-2-9/h9-10,12H,1-8H2/t10-/m1/s1. The minimum Gasteiger partial charge on any atom is -0.389 e. The zero-order valence-corrected chi connectivity index (χ0v) is 8.52. The number of hydrogen-bond acceptors (Lipinski definition) is 4. The summed E-state index contributed by atoms with van der Waals surface area (Å²) < 4.78 is 10.6. The van der Waals surface area contributed by atoms with E-state index in [1.807, 2.05) is 0 Å². The minimum atomic E-state index is -0.319. The first-order chi connectivity index (χ1) is 6.86. The summed E-state index contributed by atoms with van der Waals surface area (Å²) in [5, 5.41) is 9.59. The van der Waals surface area contributed by atoms with Crippen molar-refractivity contribution >= 4 is 0 Å². The fourth-order valence-electron chi connectivity index (χ4n) is 2.20. The van der Waals surface area contributed by atoms with Gasteiger partial charge in [-0.25, -0.2) is 0 Å². The summed E-state index contributed by atoms with van der Waals surface area (Å²) in [7, 11) is 0. The van der Waals surface area contributed by atoms with E-state index in [0.717, 1.165) is 45.8 Å². The van der Waals surface area contributed by atoms with Crippen LogP contribution in [0.2, 0.25) is 0 Å². The molecule has 2 saturated heterocycles. The summed E-state index contributed by atoms with van der Waals surface area (Å²) in [6.07, 6.45) is 1.86. The molecule has 0 aromatic heterocycles. The van der Waals surface area contributed by atoms with Crippen molar-refractivity contribution in [1.29, 1.82) is 0 Å². The number of aliphatic hydroxyl groups excluding tert-OH is 1. The molecule has 2 fully saturated rings. The highest BCUT2D eigenvalue weighted by Gasteiger charge is 2.25. The number of rotatable bonds is 1. The lowest BCUT2D eigenvalue weighted by Gasteiger charge is -2.33. The fraction of sp³-hybridized carbons (Fsp3) is 1.00. The van der Waals surface area contributed by atoms with Crippen molar-refractivity contribution in [3.05, 3.63) is 0 Å². The Balaban J connectivity index is 1.87. The van der Waals surface area contributed by atoms with Crippen molar-refractivity contribution in [2.24, 2.45) is 0 Å². The molecule has 0 radical (unpaired) electrons. The molecule has 4 heteroatoms.